The largest absolute Gasteiger partial charge is 0.478 e. The van der Waals surface area contributed by atoms with Crippen molar-refractivity contribution in [2.45, 2.75) is 13.3 Å². The fourth-order valence-corrected chi connectivity index (χ4v) is 1.94. The Morgan fingerprint density at radius 2 is 2.20 bits per heavy atom. The molecule has 1 aromatic carbocycles. The molecule has 6 nitrogen and oxygen atoms in total. The lowest BCUT2D eigenvalue weighted by molar-refractivity contribution is 0.0694. The van der Waals surface area contributed by atoms with Gasteiger partial charge in [-0.15, -0.1) is 0 Å². The number of benzene rings is 1. The minimum Gasteiger partial charge on any atom is -0.478 e. The molecule has 20 heavy (non-hydrogen) atoms. The maximum Gasteiger partial charge on any atom is 0.339 e. The number of ether oxygens (including phenoxy) is 1. The number of H-pyrrole nitrogens is 1. The van der Waals surface area contributed by atoms with E-state index < -0.39 is 5.97 Å². The van der Waals surface area contributed by atoms with E-state index in [1.54, 1.807) is 6.07 Å². The van der Waals surface area contributed by atoms with Crippen LogP contribution in [0.3, 0.4) is 0 Å². The number of nitrogens with zero attached hydrogens (tertiary/aromatic N) is 1. The number of nitrogens with one attached hydrogen (secondary N) is 1. The van der Waals surface area contributed by atoms with Gasteiger partial charge in [0.1, 0.15) is 17.1 Å². The van der Waals surface area contributed by atoms with Crippen molar-refractivity contribution in [1.29, 1.82) is 0 Å². The van der Waals surface area contributed by atoms with Crippen LogP contribution in [-0.4, -0.2) is 21.0 Å². The summed E-state index contributed by atoms with van der Waals surface area (Å²) >= 11 is 3.19. The van der Waals surface area contributed by atoms with Crippen LogP contribution in [0.5, 0.6) is 11.6 Å². The number of carboxylic acid groups (broad SMARTS) is 1. The second-order valence-corrected chi connectivity index (χ2v) is 4.85. The van der Waals surface area contributed by atoms with Crippen molar-refractivity contribution in [3.05, 3.63) is 50.5 Å². The van der Waals surface area contributed by atoms with E-state index >= 15 is 0 Å². The molecule has 0 aliphatic carbocycles. The molecule has 0 atom stereocenters. The van der Waals surface area contributed by atoms with Gasteiger partial charge in [0.15, 0.2) is 0 Å². The van der Waals surface area contributed by atoms with Crippen LogP contribution in [0.2, 0.25) is 0 Å². The topological polar surface area (TPSA) is 92.3 Å². The second-order valence-electron chi connectivity index (χ2n) is 3.93. The molecule has 2 aromatic rings. The van der Waals surface area contributed by atoms with Crippen LogP contribution in [0.15, 0.2) is 33.5 Å². The number of halogens is 1. The van der Waals surface area contributed by atoms with Crippen LogP contribution >= 0.6 is 15.9 Å². The van der Waals surface area contributed by atoms with Crippen LogP contribution in [0.25, 0.3) is 0 Å². The summed E-state index contributed by atoms with van der Waals surface area (Å²) in [6, 6.07) is 5.75. The van der Waals surface area contributed by atoms with Crippen molar-refractivity contribution in [3.8, 4) is 11.6 Å². The zero-order chi connectivity index (χ0) is 14.7. The number of hydrogen-bond acceptors (Lipinski definition) is 4. The summed E-state index contributed by atoms with van der Waals surface area (Å²) in [6.07, 6.45) is 0.540. The highest BCUT2D eigenvalue weighted by Gasteiger charge is 2.13. The number of carbonyl (C=O) groups is 1. The van der Waals surface area contributed by atoms with Gasteiger partial charge in [-0.2, -0.15) is 4.98 Å². The Labute approximate surface area is 122 Å². The third-order valence-electron chi connectivity index (χ3n) is 2.49. The van der Waals surface area contributed by atoms with Gasteiger partial charge in [0.05, 0.1) is 6.07 Å². The molecule has 2 N–H and O–H groups in total. The molecule has 0 saturated carbocycles. The standard InChI is InChI=1S/C13H11BrN2O4/c1-2-10-15-11(17)6-12(16-10)20-9-4-3-7(14)5-8(9)13(18)19/h3-6H,2H2,1H3,(H,18,19)(H,15,16,17). The average Bonchev–Trinajstić information content (AvgIpc) is 2.40. The van der Waals surface area contributed by atoms with Crippen LogP contribution < -0.4 is 10.3 Å². The molecular formula is C13H11BrN2O4. The predicted molar refractivity (Wildman–Crippen MR) is 75.4 cm³/mol. The van der Waals surface area contributed by atoms with E-state index in [1.807, 2.05) is 6.92 Å². The van der Waals surface area contributed by atoms with Crippen molar-refractivity contribution < 1.29 is 14.6 Å². The zero-order valence-corrected chi connectivity index (χ0v) is 12.1. The van der Waals surface area contributed by atoms with Crippen LogP contribution in [-0.2, 0) is 6.42 Å². The van der Waals surface area contributed by atoms with Gasteiger partial charge in [-0.1, -0.05) is 22.9 Å². The Balaban J connectivity index is 2.42. The Kier molecular flexibility index (Phi) is 4.19. The summed E-state index contributed by atoms with van der Waals surface area (Å²) in [5, 5.41) is 9.13. The number of carboxylic acids is 1. The fraction of sp³-hybridized carbons (Fsp3) is 0.154. The Hall–Kier alpha value is -2.15. The van der Waals surface area contributed by atoms with Crippen molar-refractivity contribution >= 4 is 21.9 Å². The highest BCUT2D eigenvalue weighted by molar-refractivity contribution is 9.10. The minimum atomic E-state index is -1.12. The van der Waals surface area contributed by atoms with Gasteiger partial charge in [-0.05, 0) is 18.2 Å². The molecule has 0 spiro atoms. The van der Waals surface area contributed by atoms with Gasteiger partial charge in [0, 0.05) is 10.9 Å². The van der Waals surface area contributed by atoms with Crippen LogP contribution in [0.4, 0.5) is 0 Å². The van der Waals surface area contributed by atoms with Gasteiger partial charge >= 0.3 is 5.97 Å². The molecule has 1 heterocycles. The summed E-state index contributed by atoms with van der Waals surface area (Å²) in [6.45, 7) is 1.84. The molecule has 104 valence electrons. The van der Waals surface area contributed by atoms with Gasteiger partial charge < -0.3 is 14.8 Å². The molecule has 0 saturated heterocycles. The van der Waals surface area contributed by atoms with E-state index in [9.17, 15) is 9.59 Å². The summed E-state index contributed by atoms with van der Waals surface area (Å²) < 4.78 is 6.04. The summed E-state index contributed by atoms with van der Waals surface area (Å²) in [4.78, 5) is 29.2. The van der Waals surface area contributed by atoms with Crippen LogP contribution in [0.1, 0.15) is 23.1 Å². The molecule has 0 aliphatic rings. The fourth-order valence-electron chi connectivity index (χ4n) is 1.57. The molecule has 0 amide bonds. The Bertz CT molecular complexity index is 712. The first-order valence-electron chi connectivity index (χ1n) is 5.80. The average molecular weight is 339 g/mol. The van der Waals surface area contributed by atoms with E-state index in [0.717, 1.165) is 0 Å². The summed E-state index contributed by atoms with van der Waals surface area (Å²) in [7, 11) is 0. The number of hydrogen-bond donors (Lipinski definition) is 2. The lowest BCUT2D eigenvalue weighted by Crippen LogP contribution is -2.11. The van der Waals surface area contributed by atoms with E-state index in [1.165, 1.54) is 18.2 Å². The normalized spacial score (nSPS) is 10.3. The molecule has 0 unspecified atom stereocenters. The third kappa shape index (κ3) is 3.24. The van der Waals surface area contributed by atoms with Crippen molar-refractivity contribution in [1.82, 2.24) is 9.97 Å². The molecule has 2 rings (SSSR count). The van der Waals surface area contributed by atoms with E-state index in [-0.39, 0.29) is 22.8 Å². The highest BCUT2D eigenvalue weighted by Crippen LogP contribution is 2.26. The summed E-state index contributed by atoms with van der Waals surface area (Å²) in [5.41, 5.74) is -0.361. The maximum absolute atomic E-state index is 11.4. The summed E-state index contributed by atoms with van der Waals surface area (Å²) in [5.74, 6) is -0.459. The first kappa shape index (κ1) is 14.3. The Morgan fingerprint density at radius 1 is 1.45 bits per heavy atom. The maximum atomic E-state index is 11.4. The van der Waals surface area contributed by atoms with Gasteiger partial charge in [-0.25, -0.2) is 4.79 Å². The number of aromatic nitrogens is 2. The lowest BCUT2D eigenvalue weighted by Gasteiger charge is -2.08. The van der Waals surface area contributed by atoms with Gasteiger partial charge in [0.2, 0.25) is 5.88 Å². The van der Waals surface area contributed by atoms with Crippen molar-refractivity contribution in [2.75, 3.05) is 0 Å². The molecule has 0 radical (unpaired) electrons. The number of rotatable bonds is 4. The predicted octanol–water partition coefficient (Wildman–Crippen LogP) is 2.59. The molecule has 0 fully saturated rings. The zero-order valence-electron chi connectivity index (χ0n) is 10.5. The van der Waals surface area contributed by atoms with Gasteiger partial charge in [0.25, 0.3) is 5.56 Å². The van der Waals surface area contributed by atoms with Crippen LogP contribution in [0, 0.1) is 0 Å². The first-order chi connectivity index (χ1) is 9.49. The molecule has 0 aliphatic heterocycles. The molecule has 7 heteroatoms. The van der Waals surface area contributed by atoms with E-state index in [0.29, 0.717) is 16.7 Å². The SMILES string of the molecule is CCc1nc(Oc2ccc(Br)cc2C(=O)O)cc(=O)[nH]1. The Morgan fingerprint density at radius 3 is 2.85 bits per heavy atom. The first-order valence-corrected chi connectivity index (χ1v) is 6.60. The van der Waals surface area contributed by atoms with Crippen molar-refractivity contribution in [2.24, 2.45) is 0 Å². The smallest absolute Gasteiger partial charge is 0.339 e. The van der Waals surface area contributed by atoms with E-state index in [2.05, 4.69) is 25.9 Å². The molecule has 1 aromatic heterocycles. The number of aryl methyl sites for hydroxylation is 1. The second kappa shape index (κ2) is 5.87. The molecule has 0 bridgehead atoms. The highest BCUT2D eigenvalue weighted by atomic mass is 79.9. The van der Waals surface area contributed by atoms with Crippen molar-refractivity contribution in [3.63, 3.8) is 0 Å². The molecular weight excluding hydrogens is 328 g/mol. The minimum absolute atomic E-state index is 0.0143. The number of aromatic carboxylic acids is 1. The lowest BCUT2D eigenvalue weighted by atomic mass is 10.2. The van der Waals surface area contributed by atoms with Gasteiger partial charge in [-0.3, -0.25) is 4.79 Å². The number of aromatic amines is 1. The monoisotopic (exact) mass is 338 g/mol. The quantitative estimate of drug-likeness (QED) is 0.893. The van der Waals surface area contributed by atoms with E-state index in [4.69, 9.17) is 9.84 Å². The third-order valence-corrected chi connectivity index (χ3v) is 2.98.